The number of nitrogens with one attached hydrogen (secondary N) is 3. The van der Waals surface area contributed by atoms with Gasteiger partial charge in [0.2, 0.25) is 5.91 Å². The van der Waals surface area contributed by atoms with Crippen LogP contribution in [-0.4, -0.2) is 51.4 Å². The smallest absolute Gasteiger partial charge is 0.217 e. The molecule has 8 nitrogen and oxygen atoms in total. The molecule has 2 aromatic heterocycles. The molecular weight excluding hydrogens is 418 g/mol. The number of anilines is 1. The Labute approximate surface area is 184 Å². The second-order valence-corrected chi connectivity index (χ2v) is 8.14. The molecule has 0 unspecified atom stereocenters. The Hall–Kier alpha value is -2.97. The van der Waals surface area contributed by atoms with Gasteiger partial charge in [0.15, 0.2) is 5.78 Å². The van der Waals surface area contributed by atoms with E-state index in [9.17, 15) is 9.59 Å². The molecule has 3 heterocycles. The summed E-state index contributed by atoms with van der Waals surface area (Å²) in [5.74, 6) is 0.310. The molecule has 1 amide bonds. The van der Waals surface area contributed by atoms with Gasteiger partial charge in [0.1, 0.15) is 17.8 Å². The first-order valence-corrected chi connectivity index (χ1v) is 10.6. The Morgan fingerprint density at radius 3 is 2.74 bits per heavy atom. The standard InChI is InChI=1S/C22H24ClN5O3/c1-12(27-13(2)29)18-8-7-14(10-31-18)28-22-19-16(9-24-21(19)25-11-26-22)20(30)15-5-3-4-6-17(15)23/h3-6,9,11-12,14,18H,7-8,10H2,1-2H3,(H,27,29)(H2,24,25,26,28)/t12-,14+,18-/m0/s1. The van der Waals surface area contributed by atoms with E-state index in [1.165, 1.54) is 13.3 Å². The van der Waals surface area contributed by atoms with Gasteiger partial charge in [-0.3, -0.25) is 9.59 Å². The number of hydrogen-bond acceptors (Lipinski definition) is 6. The predicted octanol–water partition coefficient (Wildman–Crippen LogP) is 3.33. The highest BCUT2D eigenvalue weighted by Gasteiger charge is 2.28. The van der Waals surface area contributed by atoms with Crippen LogP contribution in [0, 0.1) is 0 Å². The van der Waals surface area contributed by atoms with Crippen molar-refractivity contribution in [1.29, 1.82) is 0 Å². The maximum atomic E-state index is 13.1. The average molecular weight is 442 g/mol. The van der Waals surface area contributed by atoms with E-state index in [0.29, 0.717) is 39.6 Å². The number of amides is 1. The van der Waals surface area contributed by atoms with E-state index < -0.39 is 0 Å². The van der Waals surface area contributed by atoms with Gasteiger partial charge in [-0.25, -0.2) is 9.97 Å². The molecule has 1 saturated heterocycles. The zero-order valence-corrected chi connectivity index (χ0v) is 18.1. The fraction of sp³-hybridized carbons (Fsp3) is 0.364. The van der Waals surface area contributed by atoms with Gasteiger partial charge in [-0.05, 0) is 31.9 Å². The van der Waals surface area contributed by atoms with E-state index in [-0.39, 0.29) is 29.9 Å². The van der Waals surface area contributed by atoms with Crippen LogP contribution in [0.5, 0.6) is 0 Å². The Bertz CT molecular complexity index is 1110. The van der Waals surface area contributed by atoms with E-state index in [0.717, 1.165) is 12.8 Å². The van der Waals surface area contributed by atoms with E-state index in [1.54, 1.807) is 30.5 Å². The van der Waals surface area contributed by atoms with Crippen molar-refractivity contribution in [1.82, 2.24) is 20.3 Å². The third-order valence-corrected chi connectivity index (χ3v) is 5.80. The Morgan fingerprint density at radius 1 is 1.23 bits per heavy atom. The highest BCUT2D eigenvalue weighted by molar-refractivity contribution is 6.35. The molecule has 3 aromatic rings. The van der Waals surface area contributed by atoms with Gasteiger partial charge in [-0.2, -0.15) is 0 Å². The lowest BCUT2D eigenvalue weighted by Gasteiger charge is -2.33. The lowest BCUT2D eigenvalue weighted by molar-refractivity contribution is -0.121. The van der Waals surface area contributed by atoms with Crippen LogP contribution in [0.15, 0.2) is 36.8 Å². The molecule has 0 bridgehead atoms. The first kappa shape index (κ1) is 21.3. The molecule has 162 valence electrons. The maximum Gasteiger partial charge on any atom is 0.217 e. The van der Waals surface area contributed by atoms with E-state index in [2.05, 4.69) is 25.6 Å². The zero-order chi connectivity index (χ0) is 22.0. The van der Waals surface area contributed by atoms with Crippen molar-refractivity contribution in [3.8, 4) is 0 Å². The number of aromatic amines is 1. The van der Waals surface area contributed by atoms with E-state index in [4.69, 9.17) is 16.3 Å². The number of carbonyl (C=O) groups is 2. The number of aromatic nitrogens is 3. The Balaban J connectivity index is 1.53. The van der Waals surface area contributed by atoms with Gasteiger partial charge in [0.25, 0.3) is 0 Å². The lowest BCUT2D eigenvalue weighted by Crippen LogP contribution is -2.46. The first-order chi connectivity index (χ1) is 14.9. The number of rotatable bonds is 6. The van der Waals surface area contributed by atoms with Crippen molar-refractivity contribution < 1.29 is 14.3 Å². The summed E-state index contributed by atoms with van der Waals surface area (Å²) >= 11 is 6.23. The number of carbonyl (C=O) groups excluding carboxylic acids is 2. The van der Waals surface area contributed by atoms with E-state index >= 15 is 0 Å². The minimum Gasteiger partial charge on any atom is -0.374 e. The summed E-state index contributed by atoms with van der Waals surface area (Å²) in [6, 6.07) is 6.93. The summed E-state index contributed by atoms with van der Waals surface area (Å²) in [4.78, 5) is 36.1. The second-order valence-electron chi connectivity index (χ2n) is 7.74. The molecule has 0 aliphatic carbocycles. The largest absolute Gasteiger partial charge is 0.374 e. The van der Waals surface area contributed by atoms with Crippen LogP contribution in [-0.2, 0) is 9.53 Å². The number of hydrogen-bond donors (Lipinski definition) is 3. The molecule has 1 fully saturated rings. The monoisotopic (exact) mass is 441 g/mol. The molecule has 3 N–H and O–H groups in total. The number of H-pyrrole nitrogens is 1. The van der Waals surface area contributed by atoms with Gasteiger partial charge in [0, 0.05) is 18.7 Å². The number of nitrogens with zero attached hydrogens (tertiary/aromatic N) is 2. The van der Waals surface area contributed by atoms with Gasteiger partial charge in [0.05, 0.1) is 40.8 Å². The van der Waals surface area contributed by atoms with Gasteiger partial charge >= 0.3 is 0 Å². The van der Waals surface area contributed by atoms with Gasteiger partial charge in [-0.15, -0.1) is 0 Å². The average Bonchev–Trinajstić information content (AvgIpc) is 3.19. The third kappa shape index (κ3) is 4.55. The predicted molar refractivity (Wildman–Crippen MR) is 118 cm³/mol. The van der Waals surface area contributed by atoms with Crippen molar-refractivity contribution in [3.05, 3.63) is 52.9 Å². The van der Waals surface area contributed by atoms with Crippen molar-refractivity contribution in [3.63, 3.8) is 0 Å². The van der Waals surface area contributed by atoms with Crippen LogP contribution in [0.1, 0.15) is 42.6 Å². The van der Waals surface area contributed by atoms with Crippen LogP contribution >= 0.6 is 11.6 Å². The van der Waals surface area contributed by atoms with E-state index in [1.807, 2.05) is 6.92 Å². The summed E-state index contributed by atoms with van der Waals surface area (Å²) in [5, 5.41) is 7.31. The highest BCUT2D eigenvalue weighted by Crippen LogP contribution is 2.29. The van der Waals surface area contributed by atoms with Crippen LogP contribution < -0.4 is 10.6 Å². The van der Waals surface area contributed by atoms with Crippen molar-refractivity contribution in [2.75, 3.05) is 11.9 Å². The number of benzene rings is 1. The number of halogens is 1. The summed E-state index contributed by atoms with van der Waals surface area (Å²) < 4.78 is 5.97. The minimum absolute atomic E-state index is 0.0250. The topological polar surface area (TPSA) is 109 Å². The molecule has 9 heteroatoms. The molecule has 1 aliphatic heterocycles. The molecule has 0 radical (unpaired) electrons. The Kier molecular flexibility index (Phi) is 6.20. The number of ether oxygens (including phenoxy) is 1. The number of fused-ring (bicyclic) bond motifs is 1. The third-order valence-electron chi connectivity index (χ3n) is 5.47. The fourth-order valence-corrected chi connectivity index (χ4v) is 4.15. The molecule has 1 aromatic carbocycles. The quantitative estimate of drug-likeness (QED) is 0.506. The molecular formula is C22H24ClN5O3. The summed E-state index contributed by atoms with van der Waals surface area (Å²) in [6.07, 6.45) is 4.70. The first-order valence-electron chi connectivity index (χ1n) is 10.2. The fourth-order valence-electron chi connectivity index (χ4n) is 3.93. The zero-order valence-electron chi connectivity index (χ0n) is 17.3. The molecule has 4 rings (SSSR count). The highest BCUT2D eigenvalue weighted by atomic mass is 35.5. The molecule has 0 spiro atoms. The Morgan fingerprint density at radius 2 is 2.03 bits per heavy atom. The van der Waals surface area contributed by atoms with Crippen LogP contribution in [0.3, 0.4) is 0 Å². The molecule has 1 aliphatic rings. The lowest BCUT2D eigenvalue weighted by atomic mass is 9.99. The van der Waals surface area contributed by atoms with Crippen LogP contribution in [0.4, 0.5) is 5.82 Å². The number of ketones is 1. The molecule has 0 saturated carbocycles. The van der Waals surface area contributed by atoms with Crippen LogP contribution in [0.25, 0.3) is 11.0 Å². The van der Waals surface area contributed by atoms with Crippen molar-refractivity contribution in [2.24, 2.45) is 0 Å². The van der Waals surface area contributed by atoms with Crippen molar-refractivity contribution >= 4 is 40.1 Å². The minimum atomic E-state index is -0.196. The summed E-state index contributed by atoms with van der Waals surface area (Å²) in [5.41, 5.74) is 1.46. The SMILES string of the molecule is CC(=O)N[C@@H](C)[C@@H]1CC[C@@H](Nc2ncnc3[nH]cc(C(=O)c4ccccc4Cl)c23)CO1. The normalized spacial score (nSPS) is 19.7. The molecule has 31 heavy (non-hydrogen) atoms. The van der Waals surface area contributed by atoms with Gasteiger partial charge < -0.3 is 20.4 Å². The maximum absolute atomic E-state index is 13.1. The van der Waals surface area contributed by atoms with Gasteiger partial charge in [-0.1, -0.05) is 23.7 Å². The summed E-state index contributed by atoms with van der Waals surface area (Å²) in [7, 11) is 0. The summed E-state index contributed by atoms with van der Waals surface area (Å²) in [6.45, 7) is 3.92. The second kappa shape index (κ2) is 9.03. The molecule has 3 atom stereocenters. The van der Waals surface area contributed by atoms with Crippen LogP contribution in [0.2, 0.25) is 5.02 Å². The van der Waals surface area contributed by atoms with Crippen molar-refractivity contribution in [2.45, 2.75) is 44.9 Å².